The Balaban J connectivity index is 1.92. The summed E-state index contributed by atoms with van der Waals surface area (Å²) in [6.45, 7) is 0. The molecule has 0 bridgehead atoms. The summed E-state index contributed by atoms with van der Waals surface area (Å²) in [5.74, 6) is -0.782. The fourth-order valence-corrected chi connectivity index (χ4v) is 4.13. The molecule has 3 aromatic heterocycles. The number of fused-ring (bicyclic) bond motifs is 3. The van der Waals surface area contributed by atoms with Crippen molar-refractivity contribution in [3.8, 4) is 0 Å². The summed E-state index contributed by atoms with van der Waals surface area (Å²) < 4.78 is 1.83. The maximum atomic E-state index is 12.8. The topological polar surface area (TPSA) is 161 Å². The van der Waals surface area contributed by atoms with Crippen LogP contribution in [0.5, 0.6) is 0 Å². The molecule has 136 valence electrons. The lowest BCUT2D eigenvalue weighted by Gasteiger charge is -2.02. The first-order valence-electron chi connectivity index (χ1n) is 7.21. The lowest BCUT2D eigenvalue weighted by molar-refractivity contribution is -0.387. The van der Waals surface area contributed by atoms with Crippen molar-refractivity contribution in [2.24, 2.45) is 0 Å². The third kappa shape index (κ3) is 2.80. The van der Waals surface area contributed by atoms with E-state index >= 15 is 0 Å². The van der Waals surface area contributed by atoms with Crippen LogP contribution in [0.4, 0.5) is 11.6 Å². The van der Waals surface area contributed by atoms with Crippen LogP contribution in [-0.2, 0) is 0 Å². The van der Waals surface area contributed by atoms with Crippen LogP contribution in [0, 0.1) is 10.1 Å². The van der Waals surface area contributed by atoms with E-state index in [1.807, 2.05) is 0 Å². The molecular weight excluding hydrogens is 396 g/mol. The standard InChI is InChI=1S/C13H8N8O4S2/c1-26-8-3-9-6(2-7(8)21(24)25)20-11(23)5(4-14-13(20)27-9)10(22)15-12-16-18-19-17-12/h2-4H,1H3,(H2,15,16,17,18,19,22). The molecule has 4 rings (SSSR count). The second-order valence-corrected chi connectivity index (χ2v) is 7.01. The number of hydrogen-bond donors (Lipinski definition) is 2. The first kappa shape index (κ1) is 17.0. The second-order valence-electron chi connectivity index (χ2n) is 5.15. The summed E-state index contributed by atoms with van der Waals surface area (Å²) in [6.07, 6.45) is 2.88. The molecule has 0 aliphatic rings. The minimum atomic E-state index is -0.755. The van der Waals surface area contributed by atoms with Gasteiger partial charge in [0, 0.05) is 12.3 Å². The van der Waals surface area contributed by atoms with Gasteiger partial charge in [-0.25, -0.2) is 14.5 Å². The van der Waals surface area contributed by atoms with Crippen LogP contribution in [0.1, 0.15) is 10.4 Å². The van der Waals surface area contributed by atoms with Gasteiger partial charge in [0.25, 0.3) is 17.2 Å². The summed E-state index contributed by atoms with van der Waals surface area (Å²) in [7, 11) is 0. The number of tetrazole rings is 1. The number of thiazole rings is 1. The number of rotatable bonds is 4. The molecule has 0 fully saturated rings. The number of benzene rings is 1. The van der Waals surface area contributed by atoms with E-state index in [9.17, 15) is 19.7 Å². The van der Waals surface area contributed by atoms with Crippen LogP contribution < -0.4 is 10.9 Å². The van der Waals surface area contributed by atoms with Gasteiger partial charge in [-0.3, -0.25) is 25.0 Å². The summed E-state index contributed by atoms with van der Waals surface area (Å²) in [4.78, 5) is 40.9. The van der Waals surface area contributed by atoms with E-state index in [0.29, 0.717) is 20.1 Å². The van der Waals surface area contributed by atoms with Gasteiger partial charge < -0.3 is 0 Å². The summed E-state index contributed by atoms with van der Waals surface area (Å²) >= 11 is 2.43. The molecule has 0 aliphatic carbocycles. The van der Waals surface area contributed by atoms with Gasteiger partial charge in [-0.05, 0) is 22.7 Å². The zero-order valence-electron chi connectivity index (χ0n) is 13.4. The van der Waals surface area contributed by atoms with E-state index < -0.39 is 16.4 Å². The van der Waals surface area contributed by atoms with E-state index in [1.165, 1.54) is 33.6 Å². The first-order valence-corrected chi connectivity index (χ1v) is 9.25. The number of hydrogen-bond acceptors (Lipinski definition) is 10. The largest absolute Gasteiger partial charge is 0.289 e. The Hall–Kier alpha value is -3.39. The molecule has 2 N–H and O–H groups in total. The summed E-state index contributed by atoms with van der Waals surface area (Å²) in [5.41, 5.74) is -0.709. The van der Waals surface area contributed by atoms with Crippen molar-refractivity contribution in [1.82, 2.24) is 30.0 Å². The molecule has 0 spiro atoms. The first-order chi connectivity index (χ1) is 13.0. The predicted octanol–water partition coefficient (Wildman–Crippen LogP) is 1.30. The molecule has 0 aliphatic heterocycles. The van der Waals surface area contributed by atoms with Crippen molar-refractivity contribution in [3.05, 3.63) is 44.4 Å². The number of nitrogens with zero attached hydrogens (tertiary/aromatic N) is 6. The Bertz CT molecular complexity index is 1260. The number of nitrogens with one attached hydrogen (secondary N) is 2. The third-order valence-corrected chi connectivity index (χ3v) is 5.43. The van der Waals surface area contributed by atoms with Crippen molar-refractivity contribution in [2.45, 2.75) is 4.90 Å². The number of anilines is 1. The highest BCUT2D eigenvalue weighted by atomic mass is 32.2. The molecule has 27 heavy (non-hydrogen) atoms. The average molecular weight is 404 g/mol. The maximum Gasteiger partial charge on any atom is 0.285 e. The Morgan fingerprint density at radius 1 is 1.44 bits per heavy atom. The van der Waals surface area contributed by atoms with Crippen LogP contribution >= 0.6 is 23.1 Å². The molecule has 12 nitrogen and oxygen atoms in total. The Kier molecular flexibility index (Phi) is 4.04. The molecule has 0 saturated carbocycles. The fraction of sp³-hybridized carbons (Fsp3) is 0.0769. The van der Waals surface area contributed by atoms with Crippen molar-refractivity contribution in [3.63, 3.8) is 0 Å². The minimum Gasteiger partial charge on any atom is -0.289 e. The highest BCUT2D eigenvalue weighted by Gasteiger charge is 2.21. The van der Waals surface area contributed by atoms with Crippen molar-refractivity contribution >= 4 is 55.8 Å². The van der Waals surface area contributed by atoms with E-state index in [1.54, 1.807) is 12.3 Å². The number of carbonyl (C=O) groups excluding carboxylic acids is 1. The summed E-state index contributed by atoms with van der Waals surface area (Å²) in [5, 5.41) is 26.2. The number of nitro benzene ring substituents is 1. The molecular formula is C13H8N8O4S2. The molecule has 0 radical (unpaired) electrons. The van der Waals surface area contributed by atoms with Crippen molar-refractivity contribution < 1.29 is 9.72 Å². The van der Waals surface area contributed by atoms with E-state index in [-0.39, 0.29) is 17.2 Å². The van der Waals surface area contributed by atoms with Gasteiger partial charge in [-0.2, -0.15) is 0 Å². The third-order valence-electron chi connectivity index (χ3n) is 3.65. The Morgan fingerprint density at radius 3 is 2.93 bits per heavy atom. The average Bonchev–Trinajstić information content (AvgIpc) is 3.27. The summed E-state index contributed by atoms with van der Waals surface area (Å²) in [6, 6.07) is 2.95. The molecule has 0 unspecified atom stereocenters. The van der Waals surface area contributed by atoms with E-state index in [4.69, 9.17) is 0 Å². The SMILES string of the molecule is CSc1cc2sc3ncc(C(=O)Nc4nnn[nH]4)c(=O)n3c2cc1[N+](=O)[O-]. The van der Waals surface area contributed by atoms with Crippen LogP contribution in [0.3, 0.4) is 0 Å². The molecule has 0 saturated heterocycles. The van der Waals surface area contributed by atoms with Gasteiger partial charge in [0.1, 0.15) is 5.56 Å². The zero-order chi connectivity index (χ0) is 19.1. The predicted molar refractivity (Wildman–Crippen MR) is 97.4 cm³/mol. The normalized spacial score (nSPS) is 11.1. The Morgan fingerprint density at radius 2 is 2.26 bits per heavy atom. The minimum absolute atomic E-state index is 0.0278. The number of aromatic nitrogens is 6. The monoisotopic (exact) mass is 404 g/mol. The zero-order valence-corrected chi connectivity index (χ0v) is 15.0. The maximum absolute atomic E-state index is 12.8. The molecule has 1 aromatic carbocycles. The lowest BCUT2D eigenvalue weighted by Crippen LogP contribution is -2.26. The van der Waals surface area contributed by atoms with Crippen LogP contribution in [0.15, 0.2) is 28.0 Å². The highest BCUT2D eigenvalue weighted by molar-refractivity contribution is 7.98. The van der Waals surface area contributed by atoms with E-state index in [0.717, 1.165) is 6.20 Å². The number of amides is 1. The number of carbonyl (C=O) groups is 1. The number of aromatic amines is 1. The molecule has 0 atom stereocenters. The smallest absolute Gasteiger partial charge is 0.285 e. The van der Waals surface area contributed by atoms with Gasteiger partial charge >= 0.3 is 0 Å². The number of H-pyrrole nitrogens is 1. The van der Waals surface area contributed by atoms with Crippen molar-refractivity contribution in [1.29, 1.82) is 0 Å². The van der Waals surface area contributed by atoms with Gasteiger partial charge in [0.15, 0.2) is 4.96 Å². The highest BCUT2D eigenvalue weighted by Crippen LogP contribution is 2.35. The van der Waals surface area contributed by atoms with Crippen LogP contribution in [0.25, 0.3) is 15.2 Å². The van der Waals surface area contributed by atoms with Crippen LogP contribution in [0.2, 0.25) is 0 Å². The molecule has 1 amide bonds. The van der Waals surface area contributed by atoms with Gasteiger partial charge in [0.2, 0.25) is 5.95 Å². The van der Waals surface area contributed by atoms with Gasteiger partial charge in [-0.15, -0.1) is 11.8 Å². The Labute approximate surface area is 156 Å². The number of thioether (sulfide) groups is 1. The molecule has 3 heterocycles. The van der Waals surface area contributed by atoms with E-state index in [2.05, 4.69) is 30.9 Å². The van der Waals surface area contributed by atoms with Gasteiger partial charge in [0.05, 0.1) is 20.0 Å². The number of nitro groups is 1. The molecule has 14 heteroatoms. The fourth-order valence-electron chi connectivity index (χ4n) is 2.47. The quantitative estimate of drug-likeness (QED) is 0.290. The van der Waals surface area contributed by atoms with Crippen LogP contribution in [-0.4, -0.2) is 47.1 Å². The van der Waals surface area contributed by atoms with Gasteiger partial charge in [-0.1, -0.05) is 16.4 Å². The lowest BCUT2D eigenvalue weighted by atomic mass is 10.3. The molecule has 4 aromatic rings. The van der Waals surface area contributed by atoms with Crippen molar-refractivity contribution in [2.75, 3.05) is 11.6 Å². The second kappa shape index (κ2) is 6.40.